The fraction of sp³-hybridized carbons (Fsp3) is 0.333. The van der Waals surface area contributed by atoms with Crippen molar-refractivity contribution in [2.24, 2.45) is 0 Å². The van der Waals surface area contributed by atoms with Crippen molar-refractivity contribution in [3.63, 3.8) is 0 Å². The molecule has 10 heteroatoms. The van der Waals surface area contributed by atoms with Crippen molar-refractivity contribution in [3.05, 3.63) is 87.7 Å². The number of ether oxygens (including phenoxy) is 1. The van der Waals surface area contributed by atoms with E-state index in [0.29, 0.717) is 53.2 Å². The van der Waals surface area contributed by atoms with E-state index < -0.39 is 6.10 Å². The van der Waals surface area contributed by atoms with Gasteiger partial charge in [-0.2, -0.15) is 0 Å². The van der Waals surface area contributed by atoms with Crippen molar-refractivity contribution >= 4 is 34.8 Å². The van der Waals surface area contributed by atoms with Gasteiger partial charge < -0.3 is 25.2 Å². The highest BCUT2D eigenvalue weighted by atomic mass is 35.5. The standard InChI is InChI=1S/C27H30Cl2N4O4/c1-30-27(36)19-4-8-23(31-15-19)26(35)17-32-10-11-33(25(16-32)18-2-5-20(28)6-3-18)24-9-7-21(14-22(24)29)37-13-12-34/h2-9,14-15,25-26,34-35H,10-13,16-17H2,1H3,(H,30,36)/t25-,26+/m0/s1. The van der Waals surface area contributed by atoms with Crippen LogP contribution in [0.4, 0.5) is 5.69 Å². The molecule has 8 nitrogen and oxygen atoms in total. The Balaban J connectivity index is 1.52. The minimum Gasteiger partial charge on any atom is -0.491 e. The van der Waals surface area contributed by atoms with Crippen LogP contribution in [-0.2, 0) is 0 Å². The number of carbonyl (C=O) groups is 1. The van der Waals surface area contributed by atoms with Crippen molar-refractivity contribution in [2.45, 2.75) is 12.1 Å². The Morgan fingerprint density at radius 1 is 1.16 bits per heavy atom. The molecule has 1 saturated heterocycles. The van der Waals surface area contributed by atoms with E-state index in [1.54, 1.807) is 25.2 Å². The molecule has 37 heavy (non-hydrogen) atoms. The van der Waals surface area contributed by atoms with Gasteiger partial charge in [-0.05, 0) is 42.0 Å². The molecule has 196 valence electrons. The molecule has 1 fully saturated rings. The van der Waals surface area contributed by atoms with Crippen LogP contribution in [-0.4, -0.2) is 72.4 Å². The second-order valence-corrected chi connectivity index (χ2v) is 9.62. The number of piperazine rings is 1. The van der Waals surface area contributed by atoms with E-state index in [0.717, 1.165) is 11.3 Å². The molecule has 0 bridgehead atoms. The lowest BCUT2D eigenvalue weighted by Crippen LogP contribution is -2.49. The predicted octanol–water partition coefficient (Wildman–Crippen LogP) is 3.72. The van der Waals surface area contributed by atoms with Crippen LogP contribution in [0.15, 0.2) is 60.8 Å². The number of β-amino-alcohol motifs (C(OH)–C–C–N with tert-alkyl or cyclic N) is 1. The zero-order valence-corrected chi connectivity index (χ0v) is 22.0. The van der Waals surface area contributed by atoms with Gasteiger partial charge in [0.05, 0.1) is 34.6 Å². The Labute approximate surface area is 226 Å². The first-order valence-electron chi connectivity index (χ1n) is 12.0. The summed E-state index contributed by atoms with van der Waals surface area (Å²) in [6.07, 6.45) is 0.671. The zero-order chi connectivity index (χ0) is 26.4. The second-order valence-electron chi connectivity index (χ2n) is 8.77. The number of benzene rings is 2. The summed E-state index contributed by atoms with van der Waals surface area (Å²) >= 11 is 12.8. The summed E-state index contributed by atoms with van der Waals surface area (Å²) in [7, 11) is 1.56. The van der Waals surface area contributed by atoms with Crippen LogP contribution < -0.4 is 15.0 Å². The summed E-state index contributed by atoms with van der Waals surface area (Å²) in [4.78, 5) is 20.5. The number of anilines is 1. The van der Waals surface area contributed by atoms with E-state index in [1.807, 2.05) is 36.4 Å². The Kier molecular flexibility index (Phi) is 9.23. The first-order valence-corrected chi connectivity index (χ1v) is 12.8. The van der Waals surface area contributed by atoms with Gasteiger partial charge in [-0.15, -0.1) is 0 Å². The highest BCUT2D eigenvalue weighted by Gasteiger charge is 2.31. The van der Waals surface area contributed by atoms with Crippen LogP contribution in [0.25, 0.3) is 0 Å². The molecule has 3 aromatic rings. The van der Waals surface area contributed by atoms with Crippen LogP contribution in [0.5, 0.6) is 5.75 Å². The van der Waals surface area contributed by atoms with E-state index >= 15 is 0 Å². The molecule has 2 aromatic carbocycles. The molecule has 1 aromatic heterocycles. The maximum atomic E-state index is 11.8. The van der Waals surface area contributed by atoms with Crippen molar-refractivity contribution < 1.29 is 19.7 Å². The fourth-order valence-electron chi connectivity index (χ4n) is 4.46. The maximum absolute atomic E-state index is 11.8. The highest BCUT2D eigenvalue weighted by molar-refractivity contribution is 6.33. The van der Waals surface area contributed by atoms with Crippen LogP contribution in [0.2, 0.25) is 10.0 Å². The second kappa shape index (κ2) is 12.6. The minimum atomic E-state index is -0.803. The maximum Gasteiger partial charge on any atom is 0.252 e. The normalized spacial score (nSPS) is 16.9. The number of nitrogens with one attached hydrogen (secondary N) is 1. The summed E-state index contributed by atoms with van der Waals surface area (Å²) < 4.78 is 5.50. The average Bonchev–Trinajstić information content (AvgIpc) is 2.92. The topological polar surface area (TPSA) is 98.2 Å². The van der Waals surface area contributed by atoms with E-state index in [1.165, 1.54) is 6.20 Å². The highest BCUT2D eigenvalue weighted by Crippen LogP contribution is 2.37. The largest absolute Gasteiger partial charge is 0.491 e. The van der Waals surface area contributed by atoms with Crippen LogP contribution in [0.1, 0.15) is 33.8 Å². The monoisotopic (exact) mass is 544 g/mol. The molecule has 3 N–H and O–H groups in total. The molecule has 1 aliphatic rings. The van der Waals surface area contributed by atoms with Crippen LogP contribution in [0.3, 0.4) is 0 Å². The van der Waals surface area contributed by atoms with Gasteiger partial charge in [-0.25, -0.2) is 0 Å². The zero-order valence-electron chi connectivity index (χ0n) is 20.5. The summed E-state index contributed by atoms with van der Waals surface area (Å²) in [5, 5.41) is 23.7. The molecule has 0 aliphatic carbocycles. The quantitative estimate of drug-likeness (QED) is 0.377. The molecule has 2 heterocycles. The van der Waals surface area contributed by atoms with Crippen molar-refractivity contribution in [2.75, 3.05) is 51.3 Å². The lowest BCUT2D eigenvalue weighted by atomic mass is 10.0. The molecule has 4 rings (SSSR count). The average molecular weight is 545 g/mol. The number of carbonyl (C=O) groups excluding carboxylic acids is 1. The molecular formula is C27H30Cl2N4O4. The molecule has 0 unspecified atom stereocenters. The summed E-state index contributed by atoms with van der Waals surface area (Å²) in [5.41, 5.74) is 2.91. The van der Waals surface area contributed by atoms with Gasteiger partial charge in [0.15, 0.2) is 0 Å². The number of pyridine rings is 1. The third-order valence-electron chi connectivity index (χ3n) is 6.36. The number of aliphatic hydroxyl groups is 2. The SMILES string of the molecule is CNC(=O)c1ccc([C@H](O)CN2CCN(c3ccc(OCCO)cc3Cl)[C@H](c3ccc(Cl)cc3)C2)nc1. The number of hydrogen-bond acceptors (Lipinski definition) is 7. The third kappa shape index (κ3) is 6.71. The smallest absolute Gasteiger partial charge is 0.252 e. The molecule has 0 saturated carbocycles. The molecular weight excluding hydrogens is 515 g/mol. The number of hydrogen-bond donors (Lipinski definition) is 3. The number of rotatable bonds is 9. The summed E-state index contributed by atoms with van der Waals surface area (Å²) in [5.74, 6) is 0.379. The first-order chi connectivity index (χ1) is 17.9. The predicted molar refractivity (Wildman–Crippen MR) is 145 cm³/mol. The van der Waals surface area contributed by atoms with Crippen molar-refractivity contribution in [3.8, 4) is 5.75 Å². The number of nitrogens with zero attached hydrogens (tertiary/aromatic N) is 3. The lowest BCUT2D eigenvalue weighted by Gasteiger charge is -2.44. The van der Waals surface area contributed by atoms with Crippen LogP contribution in [0, 0.1) is 0 Å². The number of aliphatic hydroxyl groups excluding tert-OH is 2. The van der Waals surface area contributed by atoms with E-state index in [4.69, 9.17) is 33.0 Å². The number of aromatic nitrogens is 1. The third-order valence-corrected chi connectivity index (χ3v) is 6.91. The number of halogens is 2. The van der Waals surface area contributed by atoms with E-state index in [-0.39, 0.29) is 25.2 Å². The Morgan fingerprint density at radius 2 is 1.95 bits per heavy atom. The summed E-state index contributed by atoms with van der Waals surface area (Å²) in [6.45, 7) is 2.56. The fourth-order valence-corrected chi connectivity index (χ4v) is 4.86. The van der Waals surface area contributed by atoms with Crippen LogP contribution >= 0.6 is 23.2 Å². The van der Waals surface area contributed by atoms with Gasteiger partial charge in [-0.3, -0.25) is 14.7 Å². The van der Waals surface area contributed by atoms with E-state index in [2.05, 4.69) is 20.1 Å². The van der Waals surface area contributed by atoms with Gasteiger partial charge in [0.2, 0.25) is 0 Å². The Hall–Kier alpha value is -2.88. The van der Waals surface area contributed by atoms with Crippen molar-refractivity contribution in [1.29, 1.82) is 0 Å². The molecule has 1 aliphatic heterocycles. The molecule has 1 amide bonds. The molecule has 0 radical (unpaired) electrons. The summed E-state index contributed by atoms with van der Waals surface area (Å²) in [6, 6.07) is 16.6. The van der Waals surface area contributed by atoms with Gasteiger partial charge in [0.25, 0.3) is 5.91 Å². The van der Waals surface area contributed by atoms with Gasteiger partial charge >= 0.3 is 0 Å². The van der Waals surface area contributed by atoms with E-state index in [9.17, 15) is 9.90 Å². The van der Waals surface area contributed by atoms with Crippen molar-refractivity contribution in [1.82, 2.24) is 15.2 Å². The van der Waals surface area contributed by atoms with Gasteiger partial charge in [0, 0.05) is 50.5 Å². The Morgan fingerprint density at radius 3 is 2.59 bits per heavy atom. The molecule has 2 atom stereocenters. The lowest BCUT2D eigenvalue weighted by molar-refractivity contribution is 0.0952. The van der Waals surface area contributed by atoms with Gasteiger partial charge in [-0.1, -0.05) is 35.3 Å². The first kappa shape index (κ1) is 27.2. The van der Waals surface area contributed by atoms with Gasteiger partial charge in [0.1, 0.15) is 18.5 Å². The Bertz CT molecular complexity index is 1190. The molecule has 0 spiro atoms. The number of amides is 1. The minimum absolute atomic E-state index is 0.0384.